The number of nitrogens with two attached hydrogens (primary N) is 1. The number of carbonyl (C=O) groups excluding carboxylic acids is 3. The van der Waals surface area contributed by atoms with E-state index in [9.17, 15) is 14.4 Å². The third-order valence-corrected chi connectivity index (χ3v) is 4.12. The summed E-state index contributed by atoms with van der Waals surface area (Å²) in [5, 5.41) is 0. The van der Waals surface area contributed by atoms with Crippen LogP contribution in [-0.4, -0.2) is 30.8 Å². The third kappa shape index (κ3) is 3.73. The van der Waals surface area contributed by atoms with Crippen molar-refractivity contribution in [1.82, 2.24) is 0 Å². The molecule has 0 aromatic heterocycles. The van der Waals surface area contributed by atoms with Crippen LogP contribution < -0.4 is 20.1 Å². The van der Waals surface area contributed by atoms with Crippen molar-refractivity contribution in [2.24, 2.45) is 5.73 Å². The Kier molecular flexibility index (Phi) is 5.44. The number of hydrogen-bond donors (Lipinski definition) is 1. The minimum absolute atomic E-state index is 0.224. The van der Waals surface area contributed by atoms with E-state index >= 15 is 0 Å². The van der Waals surface area contributed by atoms with Crippen LogP contribution in [0.2, 0.25) is 0 Å². The topological polar surface area (TPSA) is 98.9 Å². The summed E-state index contributed by atoms with van der Waals surface area (Å²) in [6, 6.07) is 12.0. The molecule has 1 aliphatic rings. The van der Waals surface area contributed by atoms with Crippen LogP contribution in [0, 0.1) is 0 Å². The Hall–Kier alpha value is -3.61. The predicted octanol–water partition coefficient (Wildman–Crippen LogP) is 2.54. The molecule has 2 N–H and O–H groups in total. The van der Waals surface area contributed by atoms with Crippen LogP contribution in [0.1, 0.15) is 29.8 Å². The quantitative estimate of drug-likeness (QED) is 0.777. The number of rotatable bonds is 6. The van der Waals surface area contributed by atoms with Crippen molar-refractivity contribution in [3.63, 3.8) is 0 Å². The molecule has 0 radical (unpaired) electrons. The third-order valence-electron chi connectivity index (χ3n) is 4.12. The molecule has 0 unspecified atom stereocenters. The van der Waals surface area contributed by atoms with E-state index in [-0.39, 0.29) is 24.0 Å². The van der Waals surface area contributed by atoms with Gasteiger partial charge in [0.1, 0.15) is 0 Å². The Morgan fingerprint density at radius 2 is 1.86 bits per heavy atom. The summed E-state index contributed by atoms with van der Waals surface area (Å²) in [6.07, 6.45) is 1.63. The van der Waals surface area contributed by atoms with Gasteiger partial charge in [-0.05, 0) is 42.8 Å². The van der Waals surface area contributed by atoms with Crippen molar-refractivity contribution < 1.29 is 23.9 Å². The maximum Gasteiger partial charge on any atom is 0.255 e. The first-order chi connectivity index (χ1) is 13.4. The van der Waals surface area contributed by atoms with Crippen LogP contribution in [0.4, 0.5) is 5.69 Å². The maximum absolute atomic E-state index is 12.8. The molecule has 2 aromatic rings. The zero-order valence-electron chi connectivity index (χ0n) is 15.6. The lowest BCUT2D eigenvalue weighted by Crippen LogP contribution is -2.25. The van der Waals surface area contributed by atoms with Gasteiger partial charge in [0.25, 0.3) is 5.91 Å². The van der Waals surface area contributed by atoms with E-state index in [1.165, 1.54) is 11.8 Å². The van der Waals surface area contributed by atoms with Crippen LogP contribution in [0.3, 0.4) is 0 Å². The second kappa shape index (κ2) is 7.96. The van der Waals surface area contributed by atoms with Gasteiger partial charge in [-0.3, -0.25) is 19.3 Å². The van der Waals surface area contributed by atoms with E-state index < -0.39 is 5.91 Å². The van der Waals surface area contributed by atoms with Crippen molar-refractivity contribution in [3.8, 4) is 11.5 Å². The fraction of sp³-hybridized carbons (Fsp3) is 0.190. The molecule has 2 amide bonds. The van der Waals surface area contributed by atoms with Gasteiger partial charge in [0.15, 0.2) is 18.1 Å². The average Bonchev–Trinajstić information content (AvgIpc) is 2.94. The molecule has 1 heterocycles. The Morgan fingerprint density at radius 3 is 2.54 bits per heavy atom. The van der Waals surface area contributed by atoms with Gasteiger partial charge >= 0.3 is 0 Å². The van der Waals surface area contributed by atoms with Crippen LogP contribution in [0.25, 0.3) is 6.08 Å². The van der Waals surface area contributed by atoms with E-state index in [4.69, 9.17) is 15.2 Å². The highest BCUT2D eigenvalue weighted by molar-refractivity contribution is 6.26. The highest BCUT2D eigenvalue weighted by Crippen LogP contribution is 2.36. The van der Waals surface area contributed by atoms with Crippen LogP contribution >= 0.6 is 0 Å². The fourth-order valence-corrected chi connectivity index (χ4v) is 3.01. The lowest BCUT2D eigenvalue weighted by atomic mass is 10.1. The standard InChI is InChI=1S/C21H20N2O5/c1-3-27-19-11-14(8-9-18(19)28-12-20(22)25)10-17-21(26)15-6-4-5-7-16(15)23(17)13(2)24/h4-11H,3,12H2,1-2H3,(H2,22,25)/b17-10-. The molecule has 0 saturated heterocycles. The number of ketones is 1. The van der Waals surface area contributed by atoms with Gasteiger partial charge in [0, 0.05) is 12.5 Å². The summed E-state index contributed by atoms with van der Waals surface area (Å²) in [5.74, 6) is -0.295. The first-order valence-electron chi connectivity index (χ1n) is 8.76. The second-order valence-electron chi connectivity index (χ2n) is 6.12. The minimum Gasteiger partial charge on any atom is -0.490 e. The molecule has 0 aliphatic carbocycles. The molecule has 144 valence electrons. The number of hydrogen-bond acceptors (Lipinski definition) is 5. The zero-order chi connectivity index (χ0) is 20.3. The number of fused-ring (bicyclic) bond motifs is 1. The smallest absolute Gasteiger partial charge is 0.255 e. The molecule has 0 fully saturated rings. The summed E-state index contributed by atoms with van der Waals surface area (Å²) < 4.78 is 10.9. The number of para-hydroxylation sites is 1. The SMILES string of the molecule is CCOc1cc(/C=C2/C(=O)c3ccccc3N2C(C)=O)ccc1OCC(N)=O. The molecular weight excluding hydrogens is 360 g/mol. The molecule has 0 saturated carbocycles. The number of anilines is 1. The Bertz CT molecular complexity index is 981. The molecule has 7 heteroatoms. The first kappa shape index (κ1) is 19.2. The van der Waals surface area contributed by atoms with Gasteiger partial charge in [-0.2, -0.15) is 0 Å². The Morgan fingerprint density at radius 1 is 1.11 bits per heavy atom. The van der Waals surface area contributed by atoms with Gasteiger partial charge in [-0.25, -0.2) is 0 Å². The summed E-state index contributed by atoms with van der Waals surface area (Å²) in [6.45, 7) is 3.34. The van der Waals surface area contributed by atoms with E-state index in [1.807, 2.05) is 6.92 Å². The van der Waals surface area contributed by atoms with Crippen LogP contribution in [-0.2, 0) is 9.59 Å². The van der Waals surface area contributed by atoms with Crippen molar-refractivity contribution >= 4 is 29.4 Å². The number of nitrogens with zero attached hydrogens (tertiary/aromatic N) is 1. The Labute approximate surface area is 162 Å². The Balaban J connectivity index is 2.00. The van der Waals surface area contributed by atoms with Crippen molar-refractivity contribution in [2.45, 2.75) is 13.8 Å². The van der Waals surface area contributed by atoms with Gasteiger partial charge < -0.3 is 15.2 Å². The van der Waals surface area contributed by atoms with E-state index in [0.717, 1.165) is 0 Å². The van der Waals surface area contributed by atoms with E-state index in [2.05, 4.69) is 0 Å². The summed E-state index contributed by atoms with van der Waals surface area (Å²) in [5.41, 5.74) is 7.08. The number of allylic oxidation sites excluding steroid dienone is 1. The number of ether oxygens (including phenoxy) is 2. The fourth-order valence-electron chi connectivity index (χ4n) is 3.01. The lowest BCUT2D eigenvalue weighted by molar-refractivity contribution is -0.120. The molecular formula is C21H20N2O5. The second-order valence-corrected chi connectivity index (χ2v) is 6.12. The molecule has 0 atom stereocenters. The largest absolute Gasteiger partial charge is 0.490 e. The van der Waals surface area contributed by atoms with E-state index in [0.29, 0.717) is 34.9 Å². The molecule has 0 bridgehead atoms. The number of amides is 2. The number of benzene rings is 2. The van der Waals surface area contributed by atoms with Gasteiger partial charge in [0.2, 0.25) is 11.7 Å². The normalized spacial score (nSPS) is 14.1. The highest BCUT2D eigenvalue weighted by Gasteiger charge is 2.34. The molecule has 28 heavy (non-hydrogen) atoms. The van der Waals surface area contributed by atoms with Gasteiger partial charge in [-0.1, -0.05) is 18.2 Å². The maximum atomic E-state index is 12.8. The van der Waals surface area contributed by atoms with Crippen molar-refractivity contribution in [1.29, 1.82) is 0 Å². The van der Waals surface area contributed by atoms with Crippen molar-refractivity contribution in [2.75, 3.05) is 18.1 Å². The zero-order valence-corrected chi connectivity index (χ0v) is 15.6. The molecule has 2 aromatic carbocycles. The molecule has 3 rings (SSSR count). The van der Waals surface area contributed by atoms with Crippen LogP contribution in [0.5, 0.6) is 11.5 Å². The molecule has 7 nitrogen and oxygen atoms in total. The molecule has 1 aliphatic heterocycles. The van der Waals surface area contributed by atoms with Gasteiger partial charge in [-0.15, -0.1) is 0 Å². The number of carbonyl (C=O) groups is 3. The summed E-state index contributed by atoms with van der Waals surface area (Å²) in [7, 11) is 0. The summed E-state index contributed by atoms with van der Waals surface area (Å²) >= 11 is 0. The first-order valence-corrected chi connectivity index (χ1v) is 8.76. The summed E-state index contributed by atoms with van der Waals surface area (Å²) in [4.78, 5) is 37.3. The minimum atomic E-state index is -0.597. The van der Waals surface area contributed by atoms with Gasteiger partial charge in [0.05, 0.1) is 18.0 Å². The number of Topliss-reactive ketones (excluding diaryl/α,β-unsaturated/α-hetero) is 1. The lowest BCUT2D eigenvalue weighted by Gasteiger charge is -2.16. The van der Waals surface area contributed by atoms with E-state index in [1.54, 1.807) is 48.5 Å². The van der Waals surface area contributed by atoms with Crippen molar-refractivity contribution in [3.05, 3.63) is 59.3 Å². The van der Waals surface area contributed by atoms with Crippen LogP contribution in [0.15, 0.2) is 48.2 Å². The predicted molar refractivity (Wildman–Crippen MR) is 104 cm³/mol. The molecule has 0 spiro atoms. The highest BCUT2D eigenvalue weighted by atomic mass is 16.5. The number of primary amides is 1. The monoisotopic (exact) mass is 380 g/mol. The average molecular weight is 380 g/mol.